The van der Waals surface area contributed by atoms with Gasteiger partial charge in [0.05, 0.1) is 24.0 Å². The van der Waals surface area contributed by atoms with Crippen LogP contribution < -0.4 is 10.1 Å². The van der Waals surface area contributed by atoms with Crippen LogP contribution in [0.1, 0.15) is 12.5 Å². The molecule has 0 spiro atoms. The van der Waals surface area contributed by atoms with Crippen LogP contribution in [0.5, 0.6) is 5.75 Å². The van der Waals surface area contributed by atoms with E-state index >= 15 is 0 Å². The summed E-state index contributed by atoms with van der Waals surface area (Å²) in [5.74, 6) is 0.625. The number of amides is 1. The first kappa shape index (κ1) is 18.5. The number of carbonyl (C=O) groups excluding carboxylic acids is 1. The number of ether oxygens (including phenoxy) is 1. The average Bonchev–Trinajstić information content (AvgIpc) is 3.16. The summed E-state index contributed by atoms with van der Waals surface area (Å²) in [5, 5.41) is 12.2. The molecule has 0 bridgehead atoms. The van der Waals surface area contributed by atoms with E-state index in [4.69, 9.17) is 10.00 Å². The van der Waals surface area contributed by atoms with Crippen LogP contribution in [0.3, 0.4) is 0 Å². The van der Waals surface area contributed by atoms with E-state index in [9.17, 15) is 4.79 Å². The number of imidazole rings is 1. The average molecular weight is 378 g/mol. The third kappa shape index (κ3) is 4.49. The van der Waals surface area contributed by atoms with Crippen LogP contribution in [0.4, 0.5) is 5.69 Å². The van der Waals surface area contributed by atoms with Crippen LogP contribution in [0, 0.1) is 11.3 Å². The Balaban J connectivity index is 1.70. The van der Waals surface area contributed by atoms with Gasteiger partial charge in [0.2, 0.25) is 5.91 Å². The molecule has 0 aliphatic rings. The number of nitrogens with zero attached hydrogens (tertiary/aromatic N) is 3. The minimum atomic E-state index is -0.366. The molecule has 1 atom stereocenters. The van der Waals surface area contributed by atoms with Gasteiger partial charge in [0, 0.05) is 23.8 Å². The second kappa shape index (κ2) is 8.43. The second-order valence-electron chi connectivity index (χ2n) is 5.72. The first-order valence-electron chi connectivity index (χ1n) is 8.26. The Morgan fingerprint density at radius 2 is 2.07 bits per heavy atom. The van der Waals surface area contributed by atoms with Gasteiger partial charge >= 0.3 is 0 Å². The number of benzene rings is 2. The monoisotopic (exact) mass is 378 g/mol. The Hall–Kier alpha value is -3.24. The number of nitriles is 1. The van der Waals surface area contributed by atoms with Gasteiger partial charge in [-0.1, -0.05) is 17.8 Å². The molecule has 0 aliphatic carbocycles. The summed E-state index contributed by atoms with van der Waals surface area (Å²) in [5.41, 5.74) is 2.04. The van der Waals surface area contributed by atoms with Crippen molar-refractivity contribution in [3.63, 3.8) is 0 Å². The van der Waals surface area contributed by atoms with Crippen LogP contribution in [-0.4, -0.2) is 27.8 Å². The zero-order valence-corrected chi connectivity index (χ0v) is 15.7. The van der Waals surface area contributed by atoms with Crippen molar-refractivity contribution in [2.75, 3.05) is 12.4 Å². The molecule has 27 heavy (non-hydrogen) atoms. The third-order valence-electron chi connectivity index (χ3n) is 3.87. The highest BCUT2D eigenvalue weighted by molar-refractivity contribution is 8.00. The molecule has 1 N–H and O–H groups in total. The van der Waals surface area contributed by atoms with E-state index < -0.39 is 0 Å². The highest BCUT2D eigenvalue weighted by Crippen LogP contribution is 2.26. The van der Waals surface area contributed by atoms with E-state index in [-0.39, 0.29) is 11.2 Å². The van der Waals surface area contributed by atoms with Crippen LogP contribution in [-0.2, 0) is 4.79 Å². The molecule has 0 aliphatic heterocycles. The number of rotatable bonds is 6. The van der Waals surface area contributed by atoms with Crippen molar-refractivity contribution in [2.45, 2.75) is 17.3 Å². The summed E-state index contributed by atoms with van der Waals surface area (Å²) in [6.07, 6.45) is 3.55. The first-order valence-corrected chi connectivity index (χ1v) is 9.14. The lowest BCUT2D eigenvalue weighted by molar-refractivity contribution is -0.115. The minimum absolute atomic E-state index is 0.153. The van der Waals surface area contributed by atoms with Crippen molar-refractivity contribution in [3.8, 4) is 17.5 Å². The molecule has 3 aromatic rings. The molecule has 1 heterocycles. The maximum Gasteiger partial charge on any atom is 0.237 e. The lowest BCUT2D eigenvalue weighted by atomic mass is 10.2. The molecule has 6 nitrogen and oxygen atoms in total. The van der Waals surface area contributed by atoms with Gasteiger partial charge in [-0.05, 0) is 49.4 Å². The molecular weight excluding hydrogens is 360 g/mol. The molecule has 3 rings (SSSR count). The summed E-state index contributed by atoms with van der Waals surface area (Å²) < 4.78 is 7.10. The predicted molar refractivity (Wildman–Crippen MR) is 105 cm³/mol. The van der Waals surface area contributed by atoms with E-state index in [1.807, 2.05) is 42.0 Å². The number of methoxy groups -OCH3 is 1. The summed E-state index contributed by atoms with van der Waals surface area (Å²) in [6, 6.07) is 16.5. The molecule has 0 fully saturated rings. The van der Waals surface area contributed by atoms with Crippen LogP contribution >= 0.6 is 11.8 Å². The van der Waals surface area contributed by atoms with Crippen molar-refractivity contribution in [1.29, 1.82) is 5.26 Å². The SMILES string of the molecule is COc1ccc(-n2ccnc2S[C@@H](C)C(=O)Nc2cccc(C#N)c2)cc1. The summed E-state index contributed by atoms with van der Waals surface area (Å²) in [7, 11) is 1.63. The Bertz CT molecular complexity index is 976. The quantitative estimate of drug-likeness (QED) is 0.659. The molecule has 136 valence electrons. The van der Waals surface area contributed by atoms with Crippen LogP contribution in [0.15, 0.2) is 66.1 Å². The van der Waals surface area contributed by atoms with Gasteiger partial charge in [0.25, 0.3) is 0 Å². The number of nitrogens with one attached hydrogen (secondary N) is 1. The van der Waals surface area contributed by atoms with E-state index in [1.165, 1.54) is 11.8 Å². The molecule has 2 aromatic carbocycles. The molecule has 0 radical (unpaired) electrons. The maximum atomic E-state index is 12.5. The van der Waals surface area contributed by atoms with E-state index in [0.29, 0.717) is 16.4 Å². The Kier molecular flexibility index (Phi) is 5.79. The molecule has 0 unspecified atom stereocenters. The zero-order chi connectivity index (χ0) is 19.2. The number of hydrogen-bond acceptors (Lipinski definition) is 5. The van der Waals surface area contributed by atoms with Gasteiger partial charge in [-0.15, -0.1) is 0 Å². The molecule has 1 aromatic heterocycles. The standard InChI is InChI=1S/C20H18N4O2S/c1-14(19(25)23-16-5-3-4-15(12-16)13-21)27-20-22-10-11-24(20)17-6-8-18(26-2)9-7-17/h3-12,14H,1-2H3,(H,23,25)/t14-/m0/s1. The van der Waals surface area contributed by atoms with Gasteiger partial charge in [0.1, 0.15) is 5.75 Å². The van der Waals surface area contributed by atoms with Crippen LogP contribution in [0.25, 0.3) is 5.69 Å². The fourth-order valence-electron chi connectivity index (χ4n) is 2.44. The number of carbonyl (C=O) groups is 1. The highest BCUT2D eigenvalue weighted by Gasteiger charge is 2.18. The van der Waals surface area contributed by atoms with E-state index in [2.05, 4.69) is 16.4 Å². The number of anilines is 1. The smallest absolute Gasteiger partial charge is 0.237 e. The zero-order valence-electron chi connectivity index (χ0n) is 14.9. The number of aromatic nitrogens is 2. The minimum Gasteiger partial charge on any atom is -0.497 e. The molecule has 1 amide bonds. The maximum absolute atomic E-state index is 12.5. The summed E-state index contributed by atoms with van der Waals surface area (Å²) in [4.78, 5) is 16.9. The van der Waals surface area contributed by atoms with Gasteiger partial charge < -0.3 is 10.1 Å². The molecule has 0 saturated carbocycles. The fraction of sp³-hybridized carbons (Fsp3) is 0.150. The normalized spacial score (nSPS) is 11.4. The van der Waals surface area contributed by atoms with Crippen molar-refractivity contribution in [1.82, 2.24) is 9.55 Å². The van der Waals surface area contributed by atoms with Crippen molar-refractivity contribution < 1.29 is 9.53 Å². The second-order valence-corrected chi connectivity index (χ2v) is 7.03. The lowest BCUT2D eigenvalue weighted by Gasteiger charge is -2.13. The van der Waals surface area contributed by atoms with Crippen molar-refractivity contribution in [2.24, 2.45) is 0 Å². The Labute approximate surface area is 161 Å². The van der Waals surface area contributed by atoms with Gasteiger partial charge in [-0.2, -0.15) is 5.26 Å². The van der Waals surface area contributed by atoms with Crippen molar-refractivity contribution >= 4 is 23.4 Å². The summed E-state index contributed by atoms with van der Waals surface area (Å²) in [6.45, 7) is 1.82. The van der Waals surface area contributed by atoms with Gasteiger partial charge in [-0.3, -0.25) is 9.36 Å². The fourth-order valence-corrected chi connectivity index (χ4v) is 3.32. The Morgan fingerprint density at radius 1 is 1.30 bits per heavy atom. The topological polar surface area (TPSA) is 79.9 Å². The predicted octanol–water partition coefficient (Wildman–Crippen LogP) is 3.87. The van der Waals surface area contributed by atoms with Gasteiger partial charge in [0.15, 0.2) is 5.16 Å². The largest absolute Gasteiger partial charge is 0.497 e. The molecule has 0 saturated heterocycles. The van der Waals surface area contributed by atoms with Crippen molar-refractivity contribution in [3.05, 3.63) is 66.5 Å². The molecular formula is C20H18N4O2S. The molecule has 7 heteroatoms. The van der Waals surface area contributed by atoms with Crippen LogP contribution in [0.2, 0.25) is 0 Å². The number of hydrogen-bond donors (Lipinski definition) is 1. The van der Waals surface area contributed by atoms with E-state index in [0.717, 1.165) is 11.4 Å². The lowest BCUT2D eigenvalue weighted by Crippen LogP contribution is -2.22. The van der Waals surface area contributed by atoms with Gasteiger partial charge in [-0.25, -0.2) is 4.98 Å². The third-order valence-corrected chi connectivity index (χ3v) is 4.95. The highest BCUT2D eigenvalue weighted by atomic mass is 32.2. The summed E-state index contributed by atoms with van der Waals surface area (Å²) >= 11 is 1.36. The number of thioether (sulfide) groups is 1. The van der Waals surface area contributed by atoms with E-state index in [1.54, 1.807) is 37.6 Å². The Morgan fingerprint density at radius 3 is 2.78 bits per heavy atom. The first-order chi connectivity index (χ1) is 13.1.